The maximum atomic E-state index is 10.2. The number of nitrogens with one attached hydrogen (secondary N) is 1. The zero-order valence-electron chi connectivity index (χ0n) is 13.1. The van der Waals surface area contributed by atoms with E-state index in [0.717, 1.165) is 21.8 Å². The number of aromatic amines is 1. The molecule has 0 saturated carbocycles. The van der Waals surface area contributed by atoms with E-state index in [4.69, 9.17) is 4.74 Å². The van der Waals surface area contributed by atoms with Crippen LogP contribution in [0.25, 0.3) is 10.9 Å². The van der Waals surface area contributed by atoms with Crippen LogP contribution < -0.4 is 4.74 Å². The fraction of sp³-hybridized carbons (Fsp3) is 0.375. The predicted octanol–water partition coefficient (Wildman–Crippen LogP) is 2.87. The Morgan fingerprint density at radius 3 is 3.04 bits per heavy atom. The van der Waals surface area contributed by atoms with E-state index in [0.29, 0.717) is 11.8 Å². The van der Waals surface area contributed by atoms with Crippen LogP contribution in [0.2, 0.25) is 0 Å². The highest BCUT2D eigenvalue weighted by Crippen LogP contribution is 2.25. The molecule has 7 heteroatoms. The first-order valence-corrected chi connectivity index (χ1v) is 8.53. The SMILES string of the molecule is CC(C)n1cnnc1SCC(O)COc1cccc2[nH]ccc12. The van der Waals surface area contributed by atoms with Gasteiger partial charge in [0.15, 0.2) is 5.16 Å². The second kappa shape index (κ2) is 7.06. The molecule has 3 rings (SSSR count). The third-order valence-corrected chi connectivity index (χ3v) is 4.59. The smallest absolute Gasteiger partial charge is 0.191 e. The van der Waals surface area contributed by atoms with Crippen LogP contribution in [0.1, 0.15) is 19.9 Å². The van der Waals surface area contributed by atoms with Gasteiger partial charge < -0.3 is 19.4 Å². The number of hydrogen-bond donors (Lipinski definition) is 2. The summed E-state index contributed by atoms with van der Waals surface area (Å²) < 4.78 is 7.75. The third kappa shape index (κ3) is 3.68. The Morgan fingerprint density at radius 1 is 1.35 bits per heavy atom. The molecule has 0 amide bonds. The summed E-state index contributed by atoms with van der Waals surface area (Å²) in [4.78, 5) is 3.14. The molecule has 2 heterocycles. The standard InChI is InChI=1S/C16H20N4O2S/c1-11(2)20-10-18-19-16(20)23-9-12(21)8-22-15-5-3-4-14-13(15)6-7-17-14/h3-7,10-12,17,21H,8-9H2,1-2H3. The van der Waals surface area contributed by atoms with Crippen LogP contribution >= 0.6 is 11.8 Å². The van der Waals surface area contributed by atoms with Gasteiger partial charge in [-0.05, 0) is 32.0 Å². The van der Waals surface area contributed by atoms with Gasteiger partial charge in [0.05, 0.1) is 6.10 Å². The van der Waals surface area contributed by atoms with Gasteiger partial charge in [-0.1, -0.05) is 17.8 Å². The first-order chi connectivity index (χ1) is 11.1. The van der Waals surface area contributed by atoms with Gasteiger partial charge in [0.1, 0.15) is 18.7 Å². The molecule has 0 radical (unpaired) electrons. The molecular formula is C16H20N4O2S. The average molecular weight is 332 g/mol. The van der Waals surface area contributed by atoms with Crippen molar-refractivity contribution in [3.8, 4) is 5.75 Å². The number of hydrogen-bond acceptors (Lipinski definition) is 5. The largest absolute Gasteiger partial charge is 0.490 e. The van der Waals surface area contributed by atoms with Crippen molar-refractivity contribution in [3.63, 3.8) is 0 Å². The van der Waals surface area contributed by atoms with Crippen LogP contribution in [0, 0.1) is 0 Å². The van der Waals surface area contributed by atoms with Gasteiger partial charge in [0.25, 0.3) is 0 Å². The van der Waals surface area contributed by atoms with E-state index >= 15 is 0 Å². The minimum absolute atomic E-state index is 0.243. The number of aliphatic hydroxyl groups excluding tert-OH is 1. The highest BCUT2D eigenvalue weighted by atomic mass is 32.2. The number of H-pyrrole nitrogens is 1. The van der Waals surface area contributed by atoms with Crippen molar-refractivity contribution in [1.82, 2.24) is 19.7 Å². The number of thioether (sulfide) groups is 1. The molecule has 0 fully saturated rings. The first kappa shape index (κ1) is 15.9. The summed E-state index contributed by atoms with van der Waals surface area (Å²) in [5.74, 6) is 1.28. The zero-order valence-corrected chi connectivity index (χ0v) is 14.0. The second-order valence-corrected chi connectivity index (χ2v) is 6.57. The minimum atomic E-state index is -0.577. The highest BCUT2D eigenvalue weighted by molar-refractivity contribution is 7.99. The summed E-state index contributed by atoms with van der Waals surface area (Å²) in [6.07, 6.45) is 3.01. The van der Waals surface area contributed by atoms with Crippen LogP contribution in [0.5, 0.6) is 5.75 Å². The Bertz CT molecular complexity index is 768. The lowest BCUT2D eigenvalue weighted by Gasteiger charge is -2.14. The van der Waals surface area contributed by atoms with E-state index in [1.54, 1.807) is 6.33 Å². The number of rotatable bonds is 7. The van der Waals surface area contributed by atoms with Crippen molar-refractivity contribution in [1.29, 1.82) is 0 Å². The maximum absolute atomic E-state index is 10.2. The van der Waals surface area contributed by atoms with Crippen LogP contribution in [-0.2, 0) is 0 Å². The Balaban J connectivity index is 1.54. The lowest BCUT2D eigenvalue weighted by atomic mass is 10.2. The van der Waals surface area contributed by atoms with Gasteiger partial charge in [-0.15, -0.1) is 10.2 Å². The van der Waals surface area contributed by atoms with Gasteiger partial charge in [0, 0.05) is 28.9 Å². The normalized spacial score (nSPS) is 12.9. The van der Waals surface area contributed by atoms with Crippen molar-refractivity contribution in [2.24, 2.45) is 0 Å². The van der Waals surface area contributed by atoms with Crippen LogP contribution in [0.15, 0.2) is 41.9 Å². The van der Waals surface area contributed by atoms with Crippen molar-refractivity contribution in [2.75, 3.05) is 12.4 Å². The van der Waals surface area contributed by atoms with Crippen molar-refractivity contribution in [2.45, 2.75) is 31.1 Å². The van der Waals surface area contributed by atoms with Crippen molar-refractivity contribution in [3.05, 3.63) is 36.8 Å². The lowest BCUT2D eigenvalue weighted by Crippen LogP contribution is -2.20. The van der Waals surface area contributed by atoms with Crippen LogP contribution in [0.4, 0.5) is 0 Å². The molecule has 122 valence electrons. The van der Waals surface area contributed by atoms with E-state index in [1.165, 1.54) is 11.8 Å². The Kier molecular flexibility index (Phi) is 4.88. The number of fused-ring (bicyclic) bond motifs is 1. The molecule has 0 aliphatic rings. The number of ether oxygens (including phenoxy) is 1. The number of benzene rings is 1. The van der Waals surface area contributed by atoms with Gasteiger partial charge >= 0.3 is 0 Å². The molecule has 0 aliphatic heterocycles. The molecule has 1 unspecified atom stereocenters. The molecule has 0 aliphatic carbocycles. The number of aromatic nitrogens is 4. The third-order valence-electron chi connectivity index (χ3n) is 3.49. The first-order valence-electron chi connectivity index (χ1n) is 7.54. The second-order valence-electron chi connectivity index (χ2n) is 5.59. The average Bonchev–Trinajstić information content (AvgIpc) is 3.19. The number of aliphatic hydroxyl groups is 1. The van der Waals surface area contributed by atoms with Gasteiger partial charge in [0.2, 0.25) is 0 Å². The topological polar surface area (TPSA) is 76.0 Å². The predicted molar refractivity (Wildman–Crippen MR) is 90.9 cm³/mol. The van der Waals surface area contributed by atoms with Gasteiger partial charge in [-0.25, -0.2) is 0 Å². The molecule has 0 saturated heterocycles. The molecule has 2 N–H and O–H groups in total. The quantitative estimate of drug-likeness (QED) is 0.651. The van der Waals surface area contributed by atoms with Crippen LogP contribution in [0.3, 0.4) is 0 Å². The van der Waals surface area contributed by atoms with E-state index in [2.05, 4.69) is 29.0 Å². The maximum Gasteiger partial charge on any atom is 0.191 e. The van der Waals surface area contributed by atoms with Gasteiger partial charge in [-0.3, -0.25) is 0 Å². The summed E-state index contributed by atoms with van der Waals surface area (Å²) in [7, 11) is 0. The number of nitrogens with zero attached hydrogens (tertiary/aromatic N) is 3. The molecule has 0 bridgehead atoms. The summed E-state index contributed by atoms with van der Waals surface area (Å²) in [5, 5.41) is 20.0. The molecule has 2 aromatic heterocycles. The van der Waals surface area contributed by atoms with Crippen molar-refractivity contribution >= 4 is 22.7 Å². The zero-order chi connectivity index (χ0) is 16.2. The highest BCUT2D eigenvalue weighted by Gasteiger charge is 2.12. The van der Waals surface area contributed by atoms with E-state index in [1.807, 2.05) is 35.0 Å². The van der Waals surface area contributed by atoms with Crippen LogP contribution in [-0.4, -0.2) is 43.3 Å². The minimum Gasteiger partial charge on any atom is -0.490 e. The fourth-order valence-corrected chi connectivity index (χ4v) is 3.23. The molecule has 0 spiro atoms. The molecule has 23 heavy (non-hydrogen) atoms. The molecule has 1 atom stereocenters. The van der Waals surface area contributed by atoms with Gasteiger partial charge in [-0.2, -0.15) is 0 Å². The summed E-state index contributed by atoms with van der Waals surface area (Å²) in [5.41, 5.74) is 1.02. The van der Waals surface area contributed by atoms with E-state index in [9.17, 15) is 5.11 Å². The summed E-state index contributed by atoms with van der Waals surface area (Å²) >= 11 is 1.48. The molecular weight excluding hydrogens is 312 g/mol. The summed E-state index contributed by atoms with van der Waals surface area (Å²) in [6, 6.07) is 8.10. The Morgan fingerprint density at radius 2 is 2.22 bits per heavy atom. The van der Waals surface area contributed by atoms with Crippen molar-refractivity contribution < 1.29 is 9.84 Å². The monoisotopic (exact) mass is 332 g/mol. The van der Waals surface area contributed by atoms with E-state index in [-0.39, 0.29) is 6.61 Å². The molecule has 3 aromatic rings. The molecule has 6 nitrogen and oxygen atoms in total. The molecule has 1 aromatic carbocycles. The lowest BCUT2D eigenvalue weighted by molar-refractivity contribution is 0.127. The van der Waals surface area contributed by atoms with E-state index < -0.39 is 6.10 Å². The fourth-order valence-electron chi connectivity index (χ4n) is 2.28. The summed E-state index contributed by atoms with van der Waals surface area (Å²) in [6.45, 7) is 4.39. The Labute approximate surface area is 138 Å². The Hall–Kier alpha value is -1.99.